The Hall–Kier alpha value is -0.740. The lowest BCUT2D eigenvalue weighted by atomic mass is 9.97. The van der Waals surface area contributed by atoms with Crippen LogP contribution in [0.2, 0.25) is 0 Å². The zero-order valence-electron chi connectivity index (χ0n) is 11.2. The molecule has 1 heterocycles. The first kappa shape index (κ1) is 13.7. The van der Waals surface area contributed by atoms with Crippen molar-refractivity contribution in [1.29, 1.82) is 0 Å². The fraction of sp³-hybridized carbons (Fsp3) is 0.571. The van der Waals surface area contributed by atoms with Gasteiger partial charge in [-0.2, -0.15) is 0 Å². The summed E-state index contributed by atoms with van der Waals surface area (Å²) in [5.41, 5.74) is -0.118. The predicted octanol–water partition coefficient (Wildman–Crippen LogP) is 3.47. The number of hydrogen-bond acceptors (Lipinski definition) is 3. The van der Waals surface area contributed by atoms with Gasteiger partial charge in [0.05, 0.1) is 23.3 Å². The van der Waals surface area contributed by atoms with Gasteiger partial charge in [0.15, 0.2) is 11.5 Å². The first-order valence-electron chi connectivity index (χ1n) is 6.01. The van der Waals surface area contributed by atoms with Crippen LogP contribution >= 0.6 is 15.9 Å². The van der Waals surface area contributed by atoms with E-state index in [1.54, 1.807) is 13.8 Å². The Bertz CT molecular complexity index is 461. The summed E-state index contributed by atoms with van der Waals surface area (Å²) in [6.45, 7) is 8.92. The number of halogens is 1. The molecule has 100 valence electrons. The summed E-state index contributed by atoms with van der Waals surface area (Å²) in [5, 5.41) is 10.1. The summed E-state index contributed by atoms with van der Waals surface area (Å²) in [4.78, 5) is 0. The molecule has 0 saturated carbocycles. The van der Waals surface area contributed by atoms with E-state index in [0.717, 1.165) is 10.0 Å². The Morgan fingerprint density at radius 3 is 2.44 bits per heavy atom. The molecular formula is C14H19BrO3. The van der Waals surface area contributed by atoms with E-state index in [9.17, 15) is 5.11 Å². The topological polar surface area (TPSA) is 38.7 Å². The van der Waals surface area contributed by atoms with Crippen LogP contribution in [0.4, 0.5) is 0 Å². The molecule has 0 radical (unpaired) electrons. The Labute approximate surface area is 116 Å². The van der Waals surface area contributed by atoms with Gasteiger partial charge in [0.25, 0.3) is 0 Å². The Kier molecular flexibility index (Phi) is 3.36. The monoisotopic (exact) mass is 314 g/mol. The summed E-state index contributed by atoms with van der Waals surface area (Å²) in [7, 11) is 0. The molecule has 1 aliphatic heterocycles. The van der Waals surface area contributed by atoms with E-state index in [1.165, 1.54) is 0 Å². The maximum absolute atomic E-state index is 10.1. The van der Waals surface area contributed by atoms with Crippen molar-refractivity contribution in [3.05, 3.63) is 22.2 Å². The third-order valence-corrected chi connectivity index (χ3v) is 3.53. The Morgan fingerprint density at radius 2 is 1.83 bits per heavy atom. The molecule has 0 amide bonds. The highest BCUT2D eigenvalue weighted by atomic mass is 79.9. The van der Waals surface area contributed by atoms with Crippen molar-refractivity contribution in [2.75, 3.05) is 13.2 Å². The van der Waals surface area contributed by atoms with Gasteiger partial charge in [-0.05, 0) is 47.5 Å². The first-order valence-corrected chi connectivity index (χ1v) is 6.80. The minimum atomic E-state index is -0.900. The highest BCUT2D eigenvalue weighted by molar-refractivity contribution is 9.10. The van der Waals surface area contributed by atoms with E-state index in [4.69, 9.17) is 9.47 Å². The van der Waals surface area contributed by atoms with Gasteiger partial charge in [-0.1, -0.05) is 13.8 Å². The molecule has 1 aromatic carbocycles. The molecule has 0 bridgehead atoms. The fourth-order valence-corrected chi connectivity index (χ4v) is 2.31. The maximum atomic E-state index is 10.1. The average molecular weight is 315 g/mol. The summed E-state index contributed by atoms with van der Waals surface area (Å²) >= 11 is 3.48. The van der Waals surface area contributed by atoms with Crippen LogP contribution in [0.5, 0.6) is 11.5 Å². The molecule has 0 aromatic heterocycles. The molecule has 4 heteroatoms. The van der Waals surface area contributed by atoms with E-state index >= 15 is 0 Å². The number of rotatable bonds is 1. The van der Waals surface area contributed by atoms with Crippen LogP contribution in [0, 0.1) is 5.41 Å². The third kappa shape index (κ3) is 2.81. The van der Waals surface area contributed by atoms with Crippen LogP contribution in [0.25, 0.3) is 0 Å². The van der Waals surface area contributed by atoms with Gasteiger partial charge in [-0.15, -0.1) is 0 Å². The molecular weight excluding hydrogens is 296 g/mol. The number of hydrogen-bond donors (Lipinski definition) is 1. The van der Waals surface area contributed by atoms with E-state index in [-0.39, 0.29) is 5.41 Å². The lowest BCUT2D eigenvalue weighted by molar-refractivity contribution is 0.0781. The zero-order valence-corrected chi connectivity index (χ0v) is 12.8. The molecule has 0 unspecified atom stereocenters. The average Bonchev–Trinajstić information content (AvgIpc) is 2.37. The van der Waals surface area contributed by atoms with Gasteiger partial charge in [0.1, 0.15) is 0 Å². The van der Waals surface area contributed by atoms with Gasteiger partial charge in [-0.25, -0.2) is 0 Å². The second-order valence-corrected chi connectivity index (χ2v) is 6.94. The van der Waals surface area contributed by atoms with Crippen molar-refractivity contribution in [3.8, 4) is 11.5 Å². The number of benzene rings is 1. The second kappa shape index (κ2) is 4.42. The highest BCUT2D eigenvalue weighted by Crippen LogP contribution is 2.42. The Morgan fingerprint density at radius 1 is 1.22 bits per heavy atom. The van der Waals surface area contributed by atoms with Crippen molar-refractivity contribution in [2.24, 2.45) is 5.41 Å². The van der Waals surface area contributed by atoms with Gasteiger partial charge < -0.3 is 14.6 Å². The molecule has 1 N–H and O–H groups in total. The van der Waals surface area contributed by atoms with Gasteiger partial charge in [-0.3, -0.25) is 0 Å². The molecule has 0 saturated heterocycles. The quantitative estimate of drug-likeness (QED) is 0.862. The normalized spacial score (nSPS) is 18.3. The van der Waals surface area contributed by atoms with Crippen LogP contribution in [-0.4, -0.2) is 18.3 Å². The largest absolute Gasteiger partial charge is 0.489 e. The minimum Gasteiger partial charge on any atom is -0.489 e. The van der Waals surface area contributed by atoms with Crippen molar-refractivity contribution in [3.63, 3.8) is 0 Å². The lowest BCUT2D eigenvalue weighted by Gasteiger charge is -2.20. The van der Waals surface area contributed by atoms with Gasteiger partial charge in [0.2, 0.25) is 0 Å². The van der Waals surface area contributed by atoms with Gasteiger partial charge >= 0.3 is 0 Å². The number of aliphatic hydroxyl groups is 1. The summed E-state index contributed by atoms with van der Waals surface area (Å²) < 4.78 is 12.4. The molecule has 3 nitrogen and oxygen atoms in total. The maximum Gasteiger partial charge on any atom is 0.175 e. The van der Waals surface area contributed by atoms with Crippen molar-refractivity contribution in [1.82, 2.24) is 0 Å². The van der Waals surface area contributed by atoms with E-state index in [1.807, 2.05) is 12.1 Å². The zero-order chi connectivity index (χ0) is 13.6. The predicted molar refractivity (Wildman–Crippen MR) is 74.2 cm³/mol. The molecule has 0 spiro atoms. The number of fused-ring (bicyclic) bond motifs is 1. The third-order valence-electron chi connectivity index (χ3n) is 2.94. The van der Waals surface area contributed by atoms with E-state index in [2.05, 4.69) is 29.8 Å². The summed E-state index contributed by atoms with van der Waals surface area (Å²) in [6.07, 6.45) is 0. The van der Waals surface area contributed by atoms with Crippen LogP contribution in [0.3, 0.4) is 0 Å². The van der Waals surface area contributed by atoms with Crippen LogP contribution < -0.4 is 9.47 Å². The standard InChI is InChI=1S/C14H19BrO3/c1-13(2)7-17-11-6-9(14(3,4)16)5-10(15)12(11)18-8-13/h5-6,16H,7-8H2,1-4H3. The first-order chi connectivity index (χ1) is 8.19. The lowest BCUT2D eigenvalue weighted by Crippen LogP contribution is -2.26. The fourth-order valence-electron chi connectivity index (χ4n) is 1.75. The van der Waals surface area contributed by atoms with E-state index in [0.29, 0.717) is 24.7 Å². The Balaban J connectivity index is 2.43. The van der Waals surface area contributed by atoms with E-state index < -0.39 is 5.60 Å². The molecule has 0 fully saturated rings. The van der Waals surface area contributed by atoms with Crippen molar-refractivity contribution < 1.29 is 14.6 Å². The smallest absolute Gasteiger partial charge is 0.175 e. The summed E-state index contributed by atoms with van der Waals surface area (Å²) in [6, 6.07) is 3.72. The molecule has 2 rings (SSSR count). The molecule has 1 aromatic rings. The van der Waals surface area contributed by atoms with Crippen LogP contribution in [-0.2, 0) is 5.60 Å². The minimum absolute atomic E-state index is 0.0205. The molecule has 0 aliphatic carbocycles. The van der Waals surface area contributed by atoms with Crippen molar-refractivity contribution >= 4 is 15.9 Å². The second-order valence-electron chi connectivity index (χ2n) is 6.09. The molecule has 1 aliphatic rings. The van der Waals surface area contributed by atoms with Gasteiger partial charge in [0, 0.05) is 5.41 Å². The number of ether oxygens (including phenoxy) is 2. The SMILES string of the molecule is CC1(C)COc2cc(C(C)(C)O)cc(Br)c2OC1. The molecule has 0 atom stereocenters. The van der Waals surface area contributed by atoms with Crippen molar-refractivity contribution in [2.45, 2.75) is 33.3 Å². The van der Waals surface area contributed by atoms with Crippen LogP contribution in [0.1, 0.15) is 33.3 Å². The van der Waals surface area contributed by atoms with Crippen LogP contribution in [0.15, 0.2) is 16.6 Å². The molecule has 18 heavy (non-hydrogen) atoms. The highest BCUT2D eigenvalue weighted by Gasteiger charge is 2.28. The summed E-state index contributed by atoms with van der Waals surface area (Å²) in [5.74, 6) is 1.40.